The van der Waals surface area contributed by atoms with E-state index in [9.17, 15) is 14.0 Å². The molecule has 1 amide bonds. The van der Waals surface area contributed by atoms with E-state index in [4.69, 9.17) is 13.9 Å². The Morgan fingerprint density at radius 2 is 1.79 bits per heavy atom. The van der Waals surface area contributed by atoms with E-state index in [2.05, 4.69) is 0 Å². The summed E-state index contributed by atoms with van der Waals surface area (Å²) in [6.07, 6.45) is 1.15. The largest absolute Gasteiger partial charge is 0.493 e. The smallest absolute Gasteiger partial charge is 0.420 e. The first kappa shape index (κ1) is 19.0. The van der Waals surface area contributed by atoms with E-state index in [0.717, 1.165) is 0 Å². The quantitative estimate of drug-likeness (QED) is 0.672. The number of carbonyl (C=O) groups is 1. The number of oxazole rings is 1. The highest BCUT2D eigenvalue weighted by molar-refractivity contribution is 5.95. The maximum atomic E-state index is 13.6. The minimum Gasteiger partial charge on any atom is -0.493 e. The van der Waals surface area contributed by atoms with Gasteiger partial charge in [-0.15, -0.1) is 0 Å². The van der Waals surface area contributed by atoms with Crippen LogP contribution < -0.4 is 15.2 Å². The zero-order valence-corrected chi connectivity index (χ0v) is 16.2. The zero-order valence-electron chi connectivity index (χ0n) is 16.2. The Morgan fingerprint density at radius 1 is 1.07 bits per heavy atom. The van der Waals surface area contributed by atoms with Crippen molar-refractivity contribution in [2.45, 2.75) is 18.9 Å². The van der Waals surface area contributed by atoms with E-state index < -0.39 is 11.6 Å². The van der Waals surface area contributed by atoms with Crippen LogP contribution in [0.25, 0.3) is 11.1 Å². The Labute approximate surface area is 166 Å². The van der Waals surface area contributed by atoms with E-state index >= 15 is 0 Å². The number of fused-ring (bicyclic) bond motifs is 1. The van der Waals surface area contributed by atoms with Crippen LogP contribution in [0.1, 0.15) is 29.2 Å². The molecular weight excluding hydrogens is 379 g/mol. The van der Waals surface area contributed by atoms with Crippen LogP contribution in [0.3, 0.4) is 0 Å². The van der Waals surface area contributed by atoms with Gasteiger partial charge in [-0.05, 0) is 43.2 Å². The van der Waals surface area contributed by atoms with Crippen LogP contribution in [-0.4, -0.2) is 42.7 Å². The van der Waals surface area contributed by atoms with Crippen molar-refractivity contribution in [1.29, 1.82) is 0 Å². The van der Waals surface area contributed by atoms with E-state index in [1.807, 2.05) is 0 Å². The molecule has 1 aliphatic rings. The first-order chi connectivity index (χ1) is 14.0. The second-order valence-corrected chi connectivity index (χ2v) is 6.94. The summed E-state index contributed by atoms with van der Waals surface area (Å²) in [5.41, 5.74) is 1.31. The number of likely N-dealkylation sites (tertiary alicyclic amines) is 1. The van der Waals surface area contributed by atoms with Crippen molar-refractivity contribution in [1.82, 2.24) is 9.47 Å². The first-order valence-corrected chi connectivity index (χ1v) is 9.33. The molecule has 1 aromatic heterocycles. The molecule has 1 fully saturated rings. The second-order valence-electron chi connectivity index (χ2n) is 6.94. The van der Waals surface area contributed by atoms with Gasteiger partial charge in [-0.1, -0.05) is 0 Å². The van der Waals surface area contributed by atoms with Crippen molar-refractivity contribution in [3.63, 3.8) is 0 Å². The zero-order chi connectivity index (χ0) is 20.5. The minimum absolute atomic E-state index is 0.111. The number of halogens is 1. The third-order valence-electron chi connectivity index (χ3n) is 5.32. The number of rotatable bonds is 4. The summed E-state index contributed by atoms with van der Waals surface area (Å²) in [5, 5.41) is 0. The molecule has 0 spiro atoms. The highest BCUT2D eigenvalue weighted by atomic mass is 19.1. The van der Waals surface area contributed by atoms with Crippen molar-refractivity contribution in [2.24, 2.45) is 0 Å². The lowest BCUT2D eigenvalue weighted by Crippen LogP contribution is -2.40. The Bertz CT molecular complexity index is 1110. The van der Waals surface area contributed by atoms with Crippen LogP contribution in [0, 0.1) is 5.82 Å². The van der Waals surface area contributed by atoms with E-state index in [0.29, 0.717) is 54.1 Å². The lowest BCUT2D eigenvalue weighted by atomic mass is 10.0. The monoisotopic (exact) mass is 400 g/mol. The molecule has 152 valence electrons. The average molecular weight is 400 g/mol. The van der Waals surface area contributed by atoms with Gasteiger partial charge < -0.3 is 18.8 Å². The molecule has 2 aromatic carbocycles. The summed E-state index contributed by atoms with van der Waals surface area (Å²) in [5.74, 6) is 0.0103. The molecule has 1 saturated heterocycles. The van der Waals surface area contributed by atoms with Crippen LogP contribution in [0.15, 0.2) is 45.6 Å². The highest BCUT2D eigenvalue weighted by Gasteiger charge is 2.28. The predicted octanol–water partition coefficient (Wildman–Crippen LogP) is 3.23. The maximum Gasteiger partial charge on any atom is 0.420 e. The molecule has 4 rings (SSSR count). The van der Waals surface area contributed by atoms with Gasteiger partial charge in [0.15, 0.2) is 17.1 Å². The van der Waals surface area contributed by atoms with Crippen molar-refractivity contribution >= 4 is 17.0 Å². The number of benzene rings is 2. The van der Waals surface area contributed by atoms with Gasteiger partial charge in [0.2, 0.25) is 0 Å². The second kappa shape index (κ2) is 7.62. The number of hydrogen-bond donors (Lipinski definition) is 0. The Balaban J connectivity index is 1.51. The fourth-order valence-corrected chi connectivity index (χ4v) is 3.83. The molecule has 0 saturated carbocycles. The van der Waals surface area contributed by atoms with Gasteiger partial charge in [-0.25, -0.2) is 9.18 Å². The Hall–Kier alpha value is -3.29. The molecule has 3 aromatic rings. The standard InChI is InChI=1S/C21H21FN2O5/c1-27-18-5-3-13(11-19(18)28-2)20(25)23-9-7-15(8-10-23)24-16-12-14(22)4-6-17(16)29-21(24)26/h3-6,11-12,15H,7-10H2,1-2H3. The number of piperidine rings is 1. The van der Waals surface area contributed by atoms with Gasteiger partial charge in [0.1, 0.15) is 5.82 Å². The molecule has 29 heavy (non-hydrogen) atoms. The fraction of sp³-hybridized carbons (Fsp3) is 0.333. The fourth-order valence-electron chi connectivity index (χ4n) is 3.83. The topological polar surface area (TPSA) is 73.9 Å². The van der Waals surface area contributed by atoms with Gasteiger partial charge in [-0.3, -0.25) is 9.36 Å². The van der Waals surface area contributed by atoms with E-state index in [1.165, 1.54) is 37.0 Å². The number of hydrogen-bond acceptors (Lipinski definition) is 5. The Morgan fingerprint density at radius 3 is 2.48 bits per heavy atom. The first-order valence-electron chi connectivity index (χ1n) is 9.33. The van der Waals surface area contributed by atoms with Gasteiger partial charge in [0, 0.05) is 30.8 Å². The van der Waals surface area contributed by atoms with Gasteiger partial charge in [0.25, 0.3) is 5.91 Å². The maximum absolute atomic E-state index is 13.6. The SMILES string of the molecule is COc1ccc(C(=O)N2CCC(n3c(=O)oc4ccc(F)cc43)CC2)cc1OC. The van der Waals surface area contributed by atoms with Crippen LogP contribution in [0.4, 0.5) is 4.39 Å². The van der Waals surface area contributed by atoms with Gasteiger partial charge >= 0.3 is 5.76 Å². The summed E-state index contributed by atoms with van der Waals surface area (Å²) in [4.78, 5) is 26.9. The number of nitrogens with zero attached hydrogens (tertiary/aromatic N) is 2. The lowest BCUT2D eigenvalue weighted by Gasteiger charge is -2.32. The van der Waals surface area contributed by atoms with Crippen LogP contribution in [0.5, 0.6) is 11.5 Å². The number of amides is 1. The molecule has 0 radical (unpaired) electrons. The third-order valence-corrected chi connectivity index (χ3v) is 5.32. The van der Waals surface area contributed by atoms with Crippen LogP contribution >= 0.6 is 0 Å². The summed E-state index contributed by atoms with van der Waals surface area (Å²) in [6, 6.07) is 8.93. The number of aromatic nitrogens is 1. The molecule has 0 aliphatic carbocycles. The van der Waals surface area contributed by atoms with E-state index in [-0.39, 0.29) is 11.9 Å². The predicted molar refractivity (Wildman–Crippen MR) is 104 cm³/mol. The summed E-state index contributed by atoms with van der Waals surface area (Å²) in [7, 11) is 3.06. The Kier molecular flexibility index (Phi) is 5.00. The van der Waals surface area contributed by atoms with Crippen molar-refractivity contribution in [3.05, 3.63) is 58.3 Å². The molecule has 8 heteroatoms. The van der Waals surface area contributed by atoms with Crippen LogP contribution in [0.2, 0.25) is 0 Å². The summed E-state index contributed by atoms with van der Waals surface area (Å²) in [6.45, 7) is 0.957. The third kappa shape index (κ3) is 3.46. The van der Waals surface area contributed by atoms with Crippen molar-refractivity contribution in [2.75, 3.05) is 27.3 Å². The van der Waals surface area contributed by atoms with Gasteiger partial charge in [0.05, 0.1) is 19.7 Å². The lowest BCUT2D eigenvalue weighted by molar-refractivity contribution is 0.0693. The highest BCUT2D eigenvalue weighted by Crippen LogP contribution is 2.30. The number of methoxy groups -OCH3 is 2. The number of ether oxygens (including phenoxy) is 2. The van der Waals surface area contributed by atoms with E-state index in [1.54, 1.807) is 23.1 Å². The molecule has 0 atom stereocenters. The van der Waals surface area contributed by atoms with Gasteiger partial charge in [-0.2, -0.15) is 0 Å². The van der Waals surface area contributed by atoms with Crippen molar-refractivity contribution < 1.29 is 23.1 Å². The molecular formula is C21H21FN2O5. The summed E-state index contributed by atoms with van der Waals surface area (Å²) < 4.78 is 30.8. The van der Waals surface area contributed by atoms with Crippen molar-refractivity contribution in [3.8, 4) is 11.5 Å². The molecule has 7 nitrogen and oxygen atoms in total. The number of carbonyl (C=O) groups excluding carboxylic acids is 1. The molecule has 1 aliphatic heterocycles. The molecule has 0 N–H and O–H groups in total. The summed E-state index contributed by atoms with van der Waals surface area (Å²) >= 11 is 0. The minimum atomic E-state index is -0.504. The normalized spacial score (nSPS) is 14.9. The molecule has 0 bridgehead atoms. The molecule has 0 unspecified atom stereocenters. The molecule has 2 heterocycles. The average Bonchev–Trinajstić information content (AvgIpc) is 3.07. The van der Waals surface area contributed by atoms with Crippen LogP contribution in [-0.2, 0) is 0 Å².